The Kier molecular flexibility index (Phi) is 3.00. The number of Topliss-reactive ketones (excluding diaryl/α,β-unsaturated/α-hetero) is 2. The summed E-state index contributed by atoms with van der Waals surface area (Å²) in [5, 5.41) is 0. The van der Waals surface area contributed by atoms with Crippen LogP contribution in [0.2, 0.25) is 0 Å². The highest BCUT2D eigenvalue weighted by Crippen LogP contribution is 2.27. The Morgan fingerprint density at radius 1 is 0.947 bits per heavy atom. The quantitative estimate of drug-likeness (QED) is 0.605. The molecule has 0 heterocycles. The van der Waals surface area contributed by atoms with Crippen molar-refractivity contribution in [3.63, 3.8) is 0 Å². The zero-order valence-electron chi connectivity index (χ0n) is 10.5. The van der Waals surface area contributed by atoms with Crippen LogP contribution in [0.15, 0.2) is 54.6 Å². The number of hydrogen-bond donors (Lipinski definition) is 0. The van der Waals surface area contributed by atoms with Crippen LogP contribution in [-0.2, 0) is 6.42 Å². The summed E-state index contributed by atoms with van der Waals surface area (Å²) in [5.41, 5.74) is 2.40. The van der Waals surface area contributed by atoms with Gasteiger partial charge in [0.15, 0.2) is 11.6 Å². The van der Waals surface area contributed by atoms with Crippen LogP contribution < -0.4 is 0 Å². The third-order valence-corrected chi connectivity index (χ3v) is 3.68. The number of fused-ring (bicyclic) bond motifs is 1. The molecule has 0 saturated heterocycles. The van der Waals surface area contributed by atoms with E-state index in [0.29, 0.717) is 17.5 Å². The number of ketones is 2. The Morgan fingerprint density at radius 3 is 2.42 bits per heavy atom. The molecule has 19 heavy (non-hydrogen) atoms. The second-order valence-corrected chi connectivity index (χ2v) is 4.84. The van der Waals surface area contributed by atoms with Gasteiger partial charge in [-0.2, -0.15) is 0 Å². The monoisotopic (exact) mass is 250 g/mol. The fourth-order valence-corrected chi connectivity index (χ4v) is 2.65. The van der Waals surface area contributed by atoms with E-state index in [9.17, 15) is 9.59 Å². The normalized spacial score (nSPS) is 17.9. The van der Waals surface area contributed by atoms with Gasteiger partial charge in [0, 0.05) is 11.1 Å². The molecule has 2 heteroatoms. The molecule has 1 aliphatic rings. The second-order valence-electron chi connectivity index (χ2n) is 4.84. The average Bonchev–Trinajstić information content (AvgIpc) is 2.48. The highest BCUT2D eigenvalue weighted by Gasteiger charge is 2.32. The van der Waals surface area contributed by atoms with E-state index in [1.165, 1.54) is 0 Å². The molecule has 1 atom stereocenters. The van der Waals surface area contributed by atoms with E-state index in [-0.39, 0.29) is 11.6 Å². The molecular weight excluding hydrogens is 236 g/mol. The zero-order valence-corrected chi connectivity index (χ0v) is 10.5. The van der Waals surface area contributed by atoms with Crippen molar-refractivity contribution < 1.29 is 9.59 Å². The van der Waals surface area contributed by atoms with E-state index in [2.05, 4.69) is 0 Å². The van der Waals surface area contributed by atoms with Crippen LogP contribution in [0.4, 0.5) is 0 Å². The number of rotatable bonds is 2. The summed E-state index contributed by atoms with van der Waals surface area (Å²) in [6, 6.07) is 16.7. The molecule has 0 N–H and O–H groups in total. The van der Waals surface area contributed by atoms with Crippen molar-refractivity contribution >= 4 is 11.6 Å². The van der Waals surface area contributed by atoms with E-state index in [0.717, 1.165) is 12.0 Å². The minimum atomic E-state index is -0.516. The smallest absolute Gasteiger partial charge is 0.173 e. The maximum Gasteiger partial charge on any atom is 0.173 e. The summed E-state index contributed by atoms with van der Waals surface area (Å²) in [5.74, 6) is -0.604. The van der Waals surface area contributed by atoms with Gasteiger partial charge in [-0.15, -0.1) is 0 Å². The first-order valence-corrected chi connectivity index (χ1v) is 6.49. The van der Waals surface area contributed by atoms with Gasteiger partial charge in [-0.1, -0.05) is 54.6 Å². The van der Waals surface area contributed by atoms with E-state index >= 15 is 0 Å². The summed E-state index contributed by atoms with van der Waals surface area (Å²) in [7, 11) is 0. The number of carbonyl (C=O) groups is 2. The molecule has 0 bridgehead atoms. The van der Waals surface area contributed by atoms with Gasteiger partial charge in [0.1, 0.15) is 0 Å². The van der Waals surface area contributed by atoms with Gasteiger partial charge >= 0.3 is 0 Å². The SMILES string of the molecule is O=C(c1ccccc1)C1CCc2ccccc2C1=O. The van der Waals surface area contributed by atoms with Gasteiger partial charge in [0.25, 0.3) is 0 Å². The summed E-state index contributed by atoms with van der Waals surface area (Å²) in [6.45, 7) is 0. The van der Waals surface area contributed by atoms with Crippen LogP contribution >= 0.6 is 0 Å². The minimum Gasteiger partial charge on any atom is -0.293 e. The Balaban J connectivity index is 1.93. The Hall–Kier alpha value is -2.22. The molecule has 1 unspecified atom stereocenters. The van der Waals surface area contributed by atoms with Crippen LogP contribution in [0.25, 0.3) is 0 Å². The summed E-state index contributed by atoms with van der Waals surface area (Å²) < 4.78 is 0. The van der Waals surface area contributed by atoms with E-state index in [4.69, 9.17) is 0 Å². The van der Waals surface area contributed by atoms with Gasteiger partial charge in [0.05, 0.1) is 5.92 Å². The molecule has 2 nitrogen and oxygen atoms in total. The summed E-state index contributed by atoms with van der Waals surface area (Å²) in [4.78, 5) is 24.8. The molecule has 3 rings (SSSR count). The van der Waals surface area contributed by atoms with Gasteiger partial charge in [-0.3, -0.25) is 9.59 Å². The Bertz CT molecular complexity index is 629. The molecule has 0 spiro atoms. The number of hydrogen-bond acceptors (Lipinski definition) is 2. The molecule has 2 aromatic rings. The first kappa shape index (κ1) is 11.8. The molecule has 0 saturated carbocycles. The number of carbonyl (C=O) groups excluding carboxylic acids is 2. The molecule has 0 aromatic heterocycles. The highest BCUT2D eigenvalue weighted by atomic mass is 16.2. The van der Waals surface area contributed by atoms with Crippen molar-refractivity contribution in [2.24, 2.45) is 5.92 Å². The Labute approximate surface area is 112 Å². The predicted molar refractivity (Wildman–Crippen MR) is 73.4 cm³/mol. The second kappa shape index (κ2) is 4.81. The maximum absolute atomic E-state index is 12.4. The van der Waals surface area contributed by atoms with Gasteiger partial charge in [-0.25, -0.2) is 0 Å². The van der Waals surface area contributed by atoms with Crippen LogP contribution in [0, 0.1) is 5.92 Å². The van der Waals surface area contributed by atoms with Gasteiger partial charge < -0.3 is 0 Å². The first-order valence-electron chi connectivity index (χ1n) is 6.49. The van der Waals surface area contributed by atoms with Crippen molar-refractivity contribution in [3.05, 3.63) is 71.3 Å². The average molecular weight is 250 g/mol. The van der Waals surface area contributed by atoms with Crippen molar-refractivity contribution in [2.45, 2.75) is 12.8 Å². The van der Waals surface area contributed by atoms with Crippen molar-refractivity contribution in [1.29, 1.82) is 0 Å². The lowest BCUT2D eigenvalue weighted by Gasteiger charge is -2.22. The molecule has 0 radical (unpaired) electrons. The van der Waals surface area contributed by atoms with Gasteiger partial charge in [0.2, 0.25) is 0 Å². The molecule has 1 aliphatic carbocycles. The summed E-state index contributed by atoms with van der Waals surface area (Å²) in [6.07, 6.45) is 1.41. The number of benzene rings is 2. The fourth-order valence-electron chi connectivity index (χ4n) is 2.65. The van der Waals surface area contributed by atoms with Crippen LogP contribution in [0.3, 0.4) is 0 Å². The van der Waals surface area contributed by atoms with Crippen LogP contribution in [0.1, 0.15) is 32.7 Å². The van der Waals surface area contributed by atoms with Crippen molar-refractivity contribution in [2.75, 3.05) is 0 Å². The topological polar surface area (TPSA) is 34.1 Å². The fraction of sp³-hybridized carbons (Fsp3) is 0.176. The molecule has 0 fully saturated rings. The molecule has 2 aromatic carbocycles. The largest absolute Gasteiger partial charge is 0.293 e. The zero-order chi connectivity index (χ0) is 13.2. The van der Waals surface area contributed by atoms with Crippen LogP contribution in [-0.4, -0.2) is 11.6 Å². The minimum absolute atomic E-state index is 0.0318. The first-order chi connectivity index (χ1) is 9.27. The lowest BCUT2D eigenvalue weighted by molar-refractivity contribution is 0.0790. The highest BCUT2D eigenvalue weighted by molar-refractivity contribution is 6.17. The van der Waals surface area contributed by atoms with Crippen molar-refractivity contribution in [3.8, 4) is 0 Å². The van der Waals surface area contributed by atoms with Crippen molar-refractivity contribution in [1.82, 2.24) is 0 Å². The van der Waals surface area contributed by atoms with E-state index in [1.54, 1.807) is 12.1 Å². The lowest BCUT2D eigenvalue weighted by Crippen LogP contribution is -2.29. The predicted octanol–water partition coefficient (Wildman–Crippen LogP) is 3.31. The molecule has 0 aliphatic heterocycles. The maximum atomic E-state index is 12.4. The van der Waals surface area contributed by atoms with E-state index in [1.807, 2.05) is 42.5 Å². The van der Waals surface area contributed by atoms with Crippen LogP contribution in [0.5, 0.6) is 0 Å². The third kappa shape index (κ3) is 2.10. The number of aryl methyl sites for hydroxylation is 1. The molecule has 94 valence electrons. The molecule has 0 amide bonds. The van der Waals surface area contributed by atoms with Gasteiger partial charge in [-0.05, 0) is 18.4 Å². The Morgan fingerprint density at radius 2 is 1.63 bits per heavy atom. The van der Waals surface area contributed by atoms with E-state index < -0.39 is 5.92 Å². The third-order valence-electron chi connectivity index (χ3n) is 3.68. The lowest BCUT2D eigenvalue weighted by atomic mass is 9.79. The standard InChI is InChI=1S/C17H14O2/c18-16(13-7-2-1-3-8-13)15-11-10-12-6-4-5-9-14(12)17(15)19/h1-9,15H,10-11H2. The molecular formula is C17H14O2. The summed E-state index contributed by atoms with van der Waals surface area (Å²) >= 11 is 0.